The molecule has 0 aliphatic rings. The van der Waals surface area contributed by atoms with Gasteiger partial charge in [-0.2, -0.15) is 0 Å². The minimum absolute atomic E-state index is 0.00967. The van der Waals surface area contributed by atoms with Gasteiger partial charge in [-0.15, -0.1) is 11.6 Å². The van der Waals surface area contributed by atoms with Crippen molar-refractivity contribution in [3.8, 4) is 0 Å². The van der Waals surface area contributed by atoms with Gasteiger partial charge in [0.2, 0.25) is 0 Å². The molecule has 0 unspecified atom stereocenters. The van der Waals surface area contributed by atoms with Gasteiger partial charge in [0.1, 0.15) is 17.5 Å². The Morgan fingerprint density at radius 1 is 1.12 bits per heavy atom. The molecule has 4 nitrogen and oxygen atoms in total. The van der Waals surface area contributed by atoms with E-state index < -0.39 is 11.6 Å². The summed E-state index contributed by atoms with van der Waals surface area (Å²) in [7, 11) is 0. The molecule has 0 aromatic heterocycles. The maximum absolute atomic E-state index is 11.4. The summed E-state index contributed by atoms with van der Waals surface area (Å²) < 4.78 is 5.04. The Morgan fingerprint density at radius 3 is 2.00 bits per heavy atom. The van der Waals surface area contributed by atoms with Crippen molar-refractivity contribution in [2.75, 3.05) is 5.88 Å². The van der Waals surface area contributed by atoms with Crippen molar-refractivity contribution in [3.05, 3.63) is 11.1 Å². The molecule has 0 saturated heterocycles. The summed E-state index contributed by atoms with van der Waals surface area (Å²) in [6.07, 6.45) is -0.182. The van der Waals surface area contributed by atoms with Gasteiger partial charge in [-0.1, -0.05) is 0 Å². The quantitative estimate of drug-likeness (QED) is 0.429. The van der Waals surface area contributed by atoms with Crippen molar-refractivity contribution in [3.63, 3.8) is 0 Å². The van der Waals surface area contributed by atoms with Gasteiger partial charge in [-0.05, 0) is 20.8 Å². The van der Waals surface area contributed by atoms with Gasteiger partial charge in [0.05, 0.1) is 12.3 Å². The van der Waals surface area contributed by atoms with Crippen molar-refractivity contribution in [2.45, 2.75) is 39.2 Å². The average Bonchev–Trinajstić information content (AvgIpc) is 2.21. The van der Waals surface area contributed by atoms with E-state index in [1.165, 1.54) is 0 Å². The Kier molecular flexibility index (Phi) is 6.52. The normalized spacial score (nSPS) is 10.1. The molecule has 0 atom stereocenters. The van der Waals surface area contributed by atoms with Gasteiger partial charge < -0.3 is 4.74 Å². The highest BCUT2D eigenvalue weighted by molar-refractivity contribution is 6.20. The Morgan fingerprint density at radius 2 is 1.65 bits per heavy atom. The van der Waals surface area contributed by atoms with Crippen molar-refractivity contribution in [1.82, 2.24) is 0 Å². The minimum Gasteiger partial charge on any atom is -0.460 e. The van der Waals surface area contributed by atoms with Crippen LogP contribution in [0.3, 0.4) is 0 Å². The fraction of sp³-hybridized carbons (Fsp3) is 0.583. The van der Waals surface area contributed by atoms with Crippen molar-refractivity contribution < 1.29 is 19.1 Å². The molecule has 0 bridgehead atoms. The van der Waals surface area contributed by atoms with Crippen molar-refractivity contribution in [1.29, 1.82) is 0 Å². The van der Waals surface area contributed by atoms with E-state index in [9.17, 15) is 14.4 Å². The Bertz CT molecular complexity index is 380. The largest absolute Gasteiger partial charge is 0.460 e. The van der Waals surface area contributed by atoms with Gasteiger partial charge in [0.15, 0.2) is 0 Å². The molecule has 0 aliphatic carbocycles. The molecular formula is C12H15ClO4. The van der Waals surface area contributed by atoms with E-state index in [1.807, 2.05) is 0 Å². The highest BCUT2D eigenvalue weighted by Crippen LogP contribution is 2.15. The number of esters is 1. The summed E-state index contributed by atoms with van der Waals surface area (Å²) in [6, 6.07) is 0. The first-order valence-electron chi connectivity index (χ1n) is 5.06. The monoisotopic (exact) mass is 258 g/mol. The van der Waals surface area contributed by atoms with Crippen LogP contribution in [0.2, 0.25) is 0 Å². The van der Waals surface area contributed by atoms with Crippen molar-refractivity contribution >= 4 is 29.5 Å². The molecule has 0 N–H and O–H groups in total. The van der Waals surface area contributed by atoms with Crippen LogP contribution in [0.5, 0.6) is 0 Å². The molecule has 0 aromatic carbocycles. The number of hydrogen-bond acceptors (Lipinski definition) is 4. The predicted molar refractivity (Wildman–Crippen MR) is 64.2 cm³/mol. The van der Waals surface area contributed by atoms with E-state index >= 15 is 0 Å². The summed E-state index contributed by atoms with van der Waals surface area (Å²) in [5, 5.41) is 0. The van der Waals surface area contributed by atoms with Crippen LogP contribution in [0.1, 0.15) is 33.6 Å². The minimum atomic E-state index is -0.610. The lowest BCUT2D eigenvalue weighted by atomic mass is 10.1. The third-order valence-corrected chi connectivity index (χ3v) is 1.98. The van der Waals surface area contributed by atoms with Crippen LogP contribution in [0.15, 0.2) is 11.1 Å². The molecule has 0 aromatic rings. The zero-order valence-electron chi connectivity index (χ0n) is 10.1. The molecular weight excluding hydrogens is 244 g/mol. The van der Waals surface area contributed by atoms with Gasteiger partial charge in [-0.25, -0.2) is 9.59 Å². The van der Waals surface area contributed by atoms with Crippen LogP contribution in [-0.4, -0.2) is 29.3 Å². The lowest BCUT2D eigenvalue weighted by Crippen LogP contribution is -2.24. The average molecular weight is 259 g/mol. The number of rotatable bonds is 5. The van der Waals surface area contributed by atoms with Gasteiger partial charge in [0, 0.05) is 17.6 Å². The standard InChI is InChI=1S/C12H15ClO4/c1-12(2,3)17-11(16)5-9(7-14)4-10(6-13)8-15/h4-6H2,1-3H3. The zero-order valence-corrected chi connectivity index (χ0v) is 10.9. The molecule has 0 spiro atoms. The zero-order chi connectivity index (χ0) is 13.5. The smallest absolute Gasteiger partial charge is 0.311 e. The summed E-state index contributed by atoms with van der Waals surface area (Å²) in [4.78, 5) is 32.4. The van der Waals surface area contributed by atoms with E-state index in [2.05, 4.69) is 0 Å². The summed E-state index contributed by atoms with van der Waals surface area (Å²) >= 11 is 5.45. The van der Waals surface area contributed by atoms with Gasteiger partial charge in [-0.3, -0.25) is 4.79 Å². The predicted octanol–water partition coefficient (Wildman–Crippen LogP) is 1.86. The molecule has 0 fully saturated rings. The summed E-state index contributed by atoms with van der Waals surface area (Å²) in [6.45, 7) is 5.18. The molecule has 0 radical (unpaired) electrons. The van der Waals surface area contributed by atoms with Crippen LogP contribution in [0.25, 0.3) is 0 Å². The van der Waals surface area contributed by atoms with E-state index in [0.717, 1.165) is 0 Å². The maximum atomic E-state index is 11.4. The molecule has 94 valence electrons. The molecule has 0 heterocycles. The SMILES string of the molecule is CC(C)(C)OC(=O)CC(=C=O)CC(=C=O)CCl. The highest BCUT2D eigenvalue weighted by Gasteiger charge is 2.18. The summed E-state index contributed by atoms with van der Waals surface area (Å²) in [5.74, 6) is 2.69. The number of halogens is 1. The van der Waals surface area contributed by atoms with E-state index in [0.29, 0.717) is 0 Å². The topological polar surface area (TPSA) is 60.4 Å². The number of ether oxygens (including phenoxy) is 1. The number of allylic oxidation sites excluding steroid dienone is 1. The van der Waals surface area contributed by atoms with Crippen LogP contribution >= 0.6 is 11.6 Å². The molecule has 5 heteroatoms. The first kappa shape index (κ1) is 15.7. The van der Waals surface area contributed by atoms with Crippen LogP contribution in [0.4, 0.5) is 0 Å². The summed E-state index contributed by atoms with van der Waals surface area (Å²) in [5.41, 5.74) is -0.257. The second kappa shape index (κ2) is 7.08. The Balaban J connectivity index is 4.49. The van der Waals surface area contributed by atoms with Crippen LogP contribution in [0, 0.1) is 0 Å². The Labute approximate surface area is 105 Å². The molecule has 0 rings (SSSR count). The molecule has 0 aliphatic heterocycles. The first-order valence-corrected chi connectivity index (χ1v) is 5.59. The number of carbonyl (C=O) groups is 1. The second-order valence-electron chi connectivity index (χ2n) is 4.48. The number of hydrogen-bond donors (Lipinski definition) is 0. The van der Waals surface area contributed by atoms with Crippen molar-refractivity contribution in [2.24, 2.45) is 0 Å². The lowest BCUT2D eigenvalue weighted by Gasteiger charge is -2.19. The fourth-order valence-electron chi connectivity index (χ4n) is 1.05. The van der Waals surface area contributed by atoms with Gasteiger partial charge >= 0.3 is 5.97 Å². The maximum Gasteiger partial charge on any atom is 0.311 e. The molecule has 0 amide bonds. The third kappa shape index (κ3) is 7.53. The first-order chi connectivity index (χ1) is 7.82. The van der Waals surface area contributed by atoms with E-state index in [1.54, 1.807) is 32.7 Å². The second-order valence-corrected chi connectivity index (χ2v) is 4.75. The lowest BCUT2D eigenvalue weighted by molar-refractivity contribution is -0.153. The molecule has 17 heavy (non-hydrogen) atoms. The third-order valence-electron chi connectivity index (χ3n) is 1.65. The van der Waals surface area contributed by atoms with Gasteiger partial charge in [0.25, 0.3) is 0 Å². The highest BCUT2D eigenvalue weighted by atomic mass is 35.5. The Hall–Kier alpha value is -1.34. The van der Waals surface area contributed by atoms with E-state index in [-0.39, 0.29) is 29.9 Å². The number of alkyl halides is 1. The fourth-order valence-corrected chi connectivity index (χ4v) is 1.20. The van der Waals surface area contributed by atoms with Crippen LogP contribution in [-0.2, 0) is 19.1 Å². The number of carbonyl (C=O) groups excluding carboxylic acids is 3. The van der Waals surface area contributed by atoms with E-state index in [4.69, 9.17) is 16.3 Å². The molecule has 0 saturated carbocycles. The van der Waals surface area contributed by atoms with Crippen LogP contribution < -0.4 is 0 Å².